The summed E-state index contributed by atoms with van der Waals surface area (Å²) in [5, 5.41) is 0. The second kappa shape index (κ2) is 11.2. The third kappa shape index (κ3) is 5.65. The molecule has 2 aliphatic rings. The summed E-state index contributed by atoms with van der Waals surface area (Å²) in [6.07, 6.45) is 17.8. The first-order chi connectivity index (χ1) is 14.1. The van der Waals surface area contributed by atoms with Gasteiger partial charge in [0.25, 0.3) is 0 Å². The van der Waals surface area contributed by atoms with Crippen LogP contribution in [0.25, 0.3) is 5.57 Å². The highest BCUT2D eigenvalue weighted by molar-refractivity contribution is 5.69. The Bertz CT molecular complexity index is 654. The van der Waals surface area contributed by atoms with E-state index in [2.05, 4.69) is 38.1 Å². The Morgan fingerprint density at radius 3 is 2.07 bits per heavy atom. The molecule has 0 nitrogen and oxygen atoms in total. The van der Waals surface area contributed by atoms with Gasteiger partial charge in [0.15, 0.2) is 0 Å². The first-order valence-corrected chi connectivity index (χ1v) is 12.6. The van der Waals surface area contributed by atoms with Crippen LogP contribution in [0.4, 0.5) is 0 Å². The summed E-state index contributed by atoms with van der Waals surface area (Å²) in [4.78, 5) is 0. The van der Waals surface area contributed by atoms with E-state index < -0.39 is 0 Å². The van der Waals surface area contributed by atoms with Crippen molar-refractivity contribution in [2.45, 2.75) is 97.3 Å². The predicted molar refractivity (Wildman–Crippen MR) is 129 cm³/mol. The maximum Gasteiger partial charge on any atom is -0.00653 e. The van der Waals surface area contributed by atoms with Crippen LogP contribution in [0, 0.1) is 30.6 Å². The van der Waals surface area contributed by atoms with Gasteiger partial charge in [-0.15, -0.1) is 0 Å². The number of unbranched alkanes of at least 4 members (excludes halogenated alkanes) is 2. The number of hydrogen-bond acceptors (Lipinski definition) is 0. The van der Waals surface area contributed by atoms with Crippen LogP contribution in [0.2, 0.25) is 0 Å². The summed E-state index contributed by atoms with van der Waals surface area (Å²) in [7, 11) is 0. The molecular weight excluding hydrogens is 348 g/mol. The van der Waals surface area contributed by atoms with Crippen molar-refractivity contribution in [3.05, 3.63) is 54.1 Å². The zero-order valence-electron chi connectivity index (χ0n) is 19.2. The maximum atomic E-state index is 4.79. The van der Waals surface area contributed by atoms with E-state index in [1.807, 2.05) is 0 Å². The number of benzene rings is 1. The Labute approximate surface area is 180 Å². The highest BCUT2D eigenvalue weighted by Gasteiger charge is 2.39. The van der Waals surface area contributed by atoms with Crippen LogP contribution < -0.4 is 0 Å². The Balaban J connectivity index is 1.94. The fourth-order valence-electron chi connectivity index (χ4n) is 6.37. The van der Waals surface area contributed by atoms with E-state index in [0.29, 0.717) is 11.8 Å². The van der Waals surface area contributed by atoms with Crippen molar-refractivity contribution < 1.29 is 0 Å². The summed E-state index contributed by atoms with van der Waals surface area (Å²) in [5.74, 6) is 2.86. The van der Waals surface area contributed by atoms with Crippen molar-refractivity contribution in [1.82, 2.24) is 0 Å². The summed E-state index contributed by atoms with van der Waals surface area (Å²) in [6, 6.07) is 8.95. The van der Waals surface area contributed by atoms with Gasteiger partial charge >= 0.3 is 0 Å². The summed E-state index contributed by atoms with van der Waals surface area (Å²) in [6.45, 7) is 14.1. The van der Waals surface area contributed by atoms with Gasteiger partial charge in [-0.25, -0.2) is 0 Å². The summed E-state index contributed by atoms with van der Waals surface area (Å²) < 4.78 is 0. The van der Waals surface area contributed by atoms with Crippen LogP contribution >= 0.6 is 0 Å². The Hall–Kier alpha value is -1.30. The topological polar surface area (TPSA) is 0 Å². The lowest BCUT2D eigenvalue weighted by Crippen LogP contribution is -2.32. The van der Waals surface area contributed by atoms with E-state index in [0.717, 1.165) is 11.8 Å². The minimum Gasteiger partial charge on any atom is -0.0995 e. The van der Waals surface area contributed by atoms with Gasteiger partial charge in [-0.1, -0.05) is 94.9 Å². The number of aryl methyl sites for hydroxylation is 1. The van der Waals surface area contributed by atoms with Gasteiger partial charge < -0.3 is 0 Å². The minimum atomic E-state index is 0.591. The normalized spacial score (nSPS) is 20.5. The number of rotatable bonds is 10. The standard InChI is InChI=1S/C29H44/c1-5-6-8-16-23(3)28(25-19-12-13-20-25)29(26-17-9-7-10-18-26)24(4)27-21-14-11-15-22(27)2/h11,14-15,21,25-26,28-29H,3-10,12-13,16-20H2,1-2H3. The molecule has 1 aromatic rings. The monoisotopic (exact) mass is 392 g/mol. The van der Waals surface area contributed by atoms with Crippen molar-refractivity contribution in [2.75, 3.05) is 0 Å². The smallest absolute Gasteiger partial charge is 0.00653 e. The van der Waals surface area contributed by atoms with Crippen LogP contribution in [0.15, 0.2) is 43.0 Å². The van der Waals surface area contributed by atoms with E-state index in [-0.39, 0.29) is 0 Å². The molecule has 2 unspecified atom stereocenters. The molecule has 0 aliphatic heterocycles. The quantitative estimate of drug-likeness (QED) is 0.275. The van der Waals surface area contributed by atoms with Crippen molar-refractivity contribution in [3.8, 4) is 0 Å². The molecule has 2 aliphatic carbocycles. The van der Waals surface area contributed by atoms with Gasteiger partial charge in [0.1, 0.15) is 0 Å². The summed E-state index contributed by atoms with van der Waals surface area (Å²) in [5.41, 5.74) is 5.77. The fraction of sp³-hybridized carbons (Fsp3) is 0.655. The van der Waals surface area contributed by atoms with Gasteiger partial charge in [0, 0.05) is 0 Å². The molecule has 3 rings (SSSR count). The molecule has 0 heteroatoms. The first kappa shape index (κ1) is 22.4. The van der Waals surface area contributed by atoms with E-state index in [9.17, 15) is 0 Å². The molecule has 2 fully saturated rings. The lowest BCUT2D eigenvalue weighted by Gasteiger charge is -2.41. The van der Waals surface area contributed by atoms with Crippen molar-refractivity contribution >= 4 is 5.57 Å². The zero-order valence-corrected chi connectivity index (χ0v) is 19.2. The van der Waals surface area contributed by atoms with Crippen LogP contribution in [0.1, 0.15) is 102 Å². The minimum absolute atomic E-state index is 0.591. The molecule has 2 atom stereocenters. The highest BCUT2D eigenvalue weighted by atomic mass is 14.4. The summed E-state index contributed by atoms with van der Waals surface area (Å²) >= 11 is 0. The van der Waals surface area contributed by atoms with Gasteiger partial charge in [-0.05, 0) is 85.8 Å². The van der Waals surface area contributed by atoms with Crippen molar-refractivity contribution in [2.24, 2.45) is 23.7 Å². The molecule has 0 N–H and O–H groups in total. The molecule has 0 radical (unpaired) electrons. The predicted octanol–water partition coefficient (Wildman–Crippen LogP) is 9.15. The van der Waals surface area contributed by atoms with E-state index in [1.54, 1.807) is 5.57 Å². The molecule has 0 bridgehead atoms. The maximum absolute atomic E-state index is 4.79. The molecule has 0 aromatic heterocycles. The SMILES string of the molecule is C=C(CCCCC)C(C1CCCC1)C(C(=C)c1ccccc1C)C1CCCCC1. The van der Waals surface area contributed by atoms with Crippen LogP contribution in [-0.2, 0) is 0 Å². The molecule has 1 aromatic carbocycles. The average Bonchev–Trinajstić information content (AvgIpc) is 3.27. The number of allylic oxidation sites excluding steroid dienone is 2. The van der Waals surface area contributed by atoms with Crippen LogP contribution in [0.5, 0.6) is 0 Å². The first-order valence-electron chi connectivity index (χ1n) is 12.6. The molecule has 2 saturated carbocycles. The third-order valence-electron chi connectivity index (χ3n) is 7.92. The molecule has 0 saturated heterocycles. The third-order valence-corrected chi connectivity index (χ3v) is 7.92. The molecule has 160 valence electrons. The van der Waals surface area contributed by atoms with Gasteiger partial charge in [0.2, 0.25) is 0 Å². The highest BCUT2D eigenvalue weighted by Crippen LogP contribution is 2.50. The van der Waals surface area contributed by atoms with E-state index in [1.165, 1.54) is 100 Å². The lowest BCUT2D eigenvalue weighted by atomic mass is 9.63. The van der Waals surface area contributed by atoms with E-state index >= 15 is 0 Å². The fourth-order valence-corrected chi connectivity index (χ4v) is 6.37. The second-order valence-corrected chi connectivity index (χ2v) is 9.95. The number of hydrogen-bond donors (Lipinski definition) is 0. The van der Waals surface area contributed by atoms with Gasteiger partial charge in [-0.3, -0.25) is 0 Å². The Morgan fingerprint density at radius 1 is 0.862 bits per heavy atom. The lowest BCUT2D eigenvalue weighted by molar-refractivity contribution is 0.197. The molecule has 0 heterocycles. The Kier molecular flexibility index (Phi) is 8.64. The van der Waals surface area contributed by atoms with Crippen LogP contribution in [0.3, 0.4) is 0 Å². The zero-order chi connectivity index (χ0) is 20.6. The van der Waals surface area contributed by atoms with Crippen LogP contribution in [-0.4, -0.2) is 0 Å². The van der Waals surface area contributed by atoms with Crippen molar-refractivity contribution in [3.63, 3.8) is 0 Å². The molecule has 0 spiro atoms. The largest absolute Gasteiger partial charge is 0.0995 e. The molecule has 0 amide bonds. The van der Waals surface area contributed by atoms with Gasteiger partial charge in [0.05, 0.1) is 0 Å². The molecular formula is C29H44. The van der Waals surface area contributed by atoms with Crippen molar-refractivity contribution in [1.29, 1.82) is 0 Å². The Morgan fingerprint density at radius 2 is 1.45 bits per heavy atom. The second-order valence-electron chi connectivity index (χ2n) is 9.95. The van der Waals surface area contributed by atoms with E-state index in [4.69, 9.17) is 13.2 Å². The van der Waals surface area contributed by atoms with Gasteiger partial charge in [-0.2, -0.15) is 0 Å². The average molecular weight is 393 g/mol. The molecule has 29 heavy (non-hydrogen) atoms.